The van der Waals surface area contributed by atoms with E-state index < -0.39 is 5.97 Å². The second-order valence-electron chi connectivity index (χ2n) is 5.43. The molecule has 0 amide bonds. The standard InChI is InChI=1S/C17H17N3O4S/c1-9(13-8-25-10(2)19-13)18-16-14(17(21)22)15(24-20-16)11-4-6-12(23-3)7-5-11/h4-9H,1-3H3,(H,18,20)(H,21,22). The Morgan fingerprint density at radius 3 is 2.64 bits per heavy atom. The van der Waals surface area contributed by atoms with Gasteiger partial charge in [0, 0.05) is 10.9 Å². The molecule has 2 aromatic heterocycles. The number of hydrogen-bond donors (Lipinski definition) is 2. The number of carboxylic acids is 1. The molecular formula is C17H17N3O4S. The van der Waals surface area contributed by atoms with Gasteiger partial charge in [-0.3, -0.25) is 0 Å². The molecular weight excluding hydrogens is 342 g/mol. The minimum absolute atomic E-state index is 0.0102. The lowest BCUT2D eigenvalue weighted by atomic mass is 10.1. The van der Waals surface area contributed by atoms with Crippen molar-refractivity contribution in [1.29, 1.82) is 0 Å². The van der Waals surface area contributed by atoms with Crippen molar-refractivity contribution in [2.24, 2.45) is 0 Å². The Hall–Kier alpha value is -2.87. The SMILES string of the molecule is COc1ccc(-c2onc(NC(C)c3csc(C)n3)c2C(=O)O)cc1. The Labute approximate surface area is 148 Å². The number of benzene rings is 1. The molecule has 1 atom stereocenters. The second-order valence-corrected chi connectivity index (χ2v) is 6.49. The number of thiazole rings is 1. The average Bonchev–Trinajstić information content (AvgIpc) is 3.21. The number of aryl methyl sites for hydroxylation is 1. The molecule has 0 bridgehead atoms. The van der Waals surface area contributed by atoms with Gasteiger partial charge in [0.15, 0.2) is 17.1 Å². The van der Waals surface area contributed by atoms with E-state index in [2.05, 4.69) is 15.5 Å². The van der Waals surface area contributed by atoms with E-state index in [0.29, 0.717) is 11.3 Å². The summed E-state index contributed by atoms with van der Waals surface area (Å²) in [5.74, 6) is -0.0713. The minimum Gasteiger partial charge on any atom is -0.497 e. The Bertz CT molecular complexity index is 886. The van der Waals surface area contributed by atoms with Crippen molar-refractivity contribution in [1.82, 2.24) is 10.1 Å². The molecule has 3 rings (SSSR count). The van der Waals surface area contributed by atoms with Crippen molar-refractivity contribution in [2.75, 3.05) is 12.4 Å². The molecule has 0 aliphatic heterocycles. The summed E-state index contributed by atoms with van der Waals surface area (Å²) in [5.41, 5.74) is 1.42. The maximum absolute atomic E-state index is 11.7. The largest absolute Gasteiger partial charge is 0.497 e. The topological polar surface area (TPSA) is 97.5 Å². The smallest absolute Gasteiger partial charge is 0.343 e. The monoisotopic (exact) mass is 359 g/mol. The van der Waals surface area contributed by atoms with Gasteiger partial charge < -0.3 is 19.7 Å². The van der Waals surface area contributed by atoms with Crippen molar-refractivity contribution < 1.29 is 19.2 Å². The third-order valence-corrected chi connectivity index (χ3v) is 4.48. The van der Waals surface area contributed by atoms with E-state index in [1.807, 2.05) is 19.2 Å². The van der Waals surface area contributed by atoms with Gasteiger partial charge in [-0.15, -0.1) is 11.3 Å². The molecule has 0 saturated heterocycles. The summed E-state index contributed by atoms with van der Waals surface area (Å²) in [6.07, 6.45) is 0. The Morgan fingerprint density at radius 2 is 2.08 bits per heavy atom. The van der Waals surface area contributed by atoms with Crippen molar-refractivity contribution in [3.05, 3.63) is 45.9 Å². The Balaban J connectivity index is 1.92. The van der Waals surface area contributed by atoms with Gasteiger partial charge in [0.05, 0.1) is 23.9 Å². The highest BCUT2D eigenvalue weighted by Crippen LogP contribution is 2.32. The van der Waals surface area contributed by atoms with E-state index in [-0.39, 0.29) is 23.2 Å². The number of anilines is 1. The summed E-state index contributed by atoms with van der Waals surface area (Å²) < 4.78 is 10.4. The third-order valence-electron chi connectivity index (χ3n) is 3.69. The number of nitrogens with one attached hydrogen (secondary N) is 1. The van der Waals surface area contributed by atoms with E-state index in [1.165, 1.54) is 11.3 Å². The molecule has 3 aromatic rings. The summed E-state index contributed by atoms with van der Waals surface area (Å²) in [5, 5.41) is 19.5. The van der Waals surface area contributed by atoms with Crippen LogP contribution in [-0.2, 0) is 0 Å². The zero-order valence-corrected chi connectivity index (χ0v) is 14.8. The van der Waals surface area contributed by atoms with E-state index >= 15 is 0 Å². The Morgan fingerprint density at radius 1 is 1.36 bits per heavy atom. The lowest BCUT2D eigenvalue weighted by molar-refractivity contribution is 0.0698. The van der Waals surface area contributed by atoms with Crippen LogP contribution in [0.4, 0.5) is 5.82 Å². The van der Waals surface area contributed by atoms with E-state index in [0.717, 1.165) is 10.7 Å². The first-order chi connectivity index (χ1) is 12.0. The van der Waals surface area contributed by atoms with Crippen molar-refractivity contribution in [3.63, 3.8) is 0 Å². The number of aromatic nitrogens is 2. The average molecular weight is 359 g/mol. The molecule has 0 aliphatic carbocycles. The first-order valence-corrected chi connectivity index (χ1v) is 8.43. The molecule has 8 heteroatoms. The summed E-state index contributed by atoms with van der Waals surface area (Å²) in [4.78, 5) is 16.1. The number of hydrogen-bond acceptors (Lipinski definition) is 7. The van der Waals surface area contributed by atoms with Gasteiger partial charge in [-0.1, -0.05) is 5.16 Å². The molecule has 2 heterocycles. The highest BCUT2D eigenvalue weighted by molar-refractivity contribution is 7.09. The molecule has 7 nitrogen and oxygen atoms in total. The molecule has 130 valence electrons. The number of methoxy groups -OCH3 is 1. The van der Waals surface area contributed by atoms with Gasteiger partial charge in [0.1, 0.15) is 5.75 Å². The van der Waals surface area contributed by atoms with Crippen LogP contribution in [0.1, 0.15) is 34.0 Å². The normalized spacial score (nSPS) is 12.0. The van der Waals surface area contributed by atoms with Crippen LogP contribution in [-0.4, -0.2) is 28.3 Å². The van der Waals surface area contributed by atoms with Gasteiger partial charge in [-0.05, 0) is 38.1 Å². The van der Waals surface area contributed by atoms with E-state index in [4.69, 9.17) is 9.26 Å². The number of carboxylic acid groups (broad SMARTS) is 1. The molecule has 1 unspecified atom stereocenters. The number of ether oxygens (including phenoxy) is 1. The first-order valence-electron chi connectivity index (χ1n) is 7.55. The summed E-state index contributed by atoms with van der Waals surface area (Å²) in [6, 6.07) is 6.72. The van der Waals surface area contributed by atoms with Crippen LogP contribution in [0.15, 0.2) is 34.2 Å². The fourth-order valence-corrected chi connectivity index (χ4v) is 3.09. The van der Waals surface area contributed by atoms with Crippen LogP contribution >= 0.6 is 11.3 Å². The quantitative estimate of drug-likeness (QED) is 0.687. The fraction of sp³-hybridized carbons (Fsp3) is 0.235. The zero-order valence-electron chi connectivity index (χ0n) is 13.9. The molecule has 0 radical (unpaired) electrons. The predicted octanol–water partition coefficient (Wildman–Crippen LogP) is 3.99. The Kier molecular flexibility index (Phi) is 4.71. The predicted molar refractivity (Wildman–Crippen MR) is 94.3 cm³/mol. The van der Waals surface area contributed by atoms with Crippen LogP contribution in [0.25, 0.3) is 11.3 Å². The number of nitrogens with zero attached hydrogens (tertiary/aromatic N) is 2. The van der Waals surface area contributed by atoms with Crippen LogP contribution in [0.5, 0.6) is 5.75 Å². The molecule has 2 N–H and O–H groups in total. The third kappa shape index (κ3) is 3.48. The van der Waals surface area contributed by atoms with Crippen molar-refractivity contribution in [2.45, 2.75) is 19.9 Å². The lowest BCUT2D eigenvalue weighted by Gasteiger charge is -2.10. The minimum atomic E-state index is -1.11. The molecule has 0 spiro atoms. The molecule has 0 fully saturated rings. The van der Waals surface area contributed by atoms with Crippen molar-refractivity contribution in [3.8, 4) is 17.1 Å². The highest BCUT2D eigenvalue weighted by Gasteiger charge is 2.25. The summed E-state index contributed by atoms with van der Waals surface area (Å²) in [6.45, 7) is 3.81. The highest BCUT2D eigenvalue weighted by atomic mass is 32.1. The van der Waals surface area contributed by atoms with Crippen LogP contribution in [0, 0.1) is 6.92 Å². The van der Waals surface area contributed by atoms with Crippen LogP contribution in [0.2, 0.25) is 0 Å². The molecule has 0 aliphatic rings. The van der Waals surface area contributed by atoms with Crippen LogP contribution < -0.4 is 10.1 Å². The number of rotatable bonds is 6. The van der Waals surface area contributed by atoms with Gasteiger partial charge in [-0.25, -0.2) is 9.78 Å². The summed E-state index contributed by atoms with van der Waals surface area (Å²) in [7, 11) is 1.57. The van der Waals surface area contributed by atoms with E-state index in [1.54, 1.807) is 31.4 Å². The number of carbonyl (C=O) groups is 1. The molecule has 1 aromatic carbocycles. The van der Waals surface area contributed by atoms with Gasteiger partial charge in [-0.2, -0.15) is 0 Å². The summed E-state index contributed by atoms with van der Waals surface area (Å²) >= 11 is 1.54. The first kappa shape index (κ1) is 17.0. The molecule has 0 saturated carbocycles. The van der Waals surface area contributed by atoms with Gasteiger partial charge in [0.25, 0.3) is 0 Å². The zero-order chi connectivity index (χ0) is 18.0. The van der Waals surface area contributed by atoms with Gasteiger partial charge in [0.2, 0.25) is 0 Å². The number of aromatic carboxylic acids is 1. The maximum Gasteiger partial charge on any atom is 0.343 e. The molecule has 25 heavy (non-hydrogen) atoms. The fourth-order valence-electron chi connectivity index (χ4n) is 2.38. The van der Waals surface area contributed by atoms with Gasteiger partial charge >= 0.3 is 5.97 Å². The van der Waals surface area contributed by atoms with Crippen molar-refractivity contribution >= 4 is 23.1 Å². The van der Waals surface area contributed by atoms with Crippen LogP contribution in [0.3, 0.4) is 0 Å². The lowest BCUT2D eigenvalue weighted by Crippen LogP contribution is -2.11. The second kappa shape index (κ2) is 6.94. The van der Waals surface area contributed by atoms with E-state index in [9.17, 15) is 9.90 Å². The maximum atomic E-state index is 11.7.